The Morgan fingerprint density at radius 1 is 0.895 bits per heavy atom. The Morgan fingerprint density at radius 3 is 2.16 bits per heavy atom. The number of carbonyl (C=O) groups excluding carboxylic acids is 2. The maximum atomic E-state index is 13.9. The van der Waals surface area contributed by atoms with Crippen LogP contribution >= 0.6 is 0 Å². The summed E-state index contributed by atoms with van der Waals surface area (Å²) in [5, 5.41) is 14.6. The van der Waals surface area contributed by atoms with Gasteiger partial charge in [0.1, 0.15) is 0 Å². The van der Waals surface area contributed by atoms with Crippen molar-refractivity contribution in [1.82, 2.24) is 0 Å². The van der Waals surface area contributed by atoms with Crippen LogP contribution in [-0.2, 0) is 16.6 Å². The van der Waals surface area contributed by atoms with Gasteiger partial charge < -0.3 is 10.6 Å². The quantitative estimate of drug-likeness (QED) is 0.373. The largest absolute Gasteiger partial charge is 0.366 e. The van der Waals surface area contributed by atoms with E-state index < -0.39 is 15.9 Å². The molecule has 8 nitrogen and oxygen atoms in total. The average Bonchev–Trinajstić information content (AvgIpc) is 2.91. The van der Waals surface area contributed by atoms with Gasteiger partial charge >= 0.3 is 0 Å². The number of hydrogen-bond donors (Lipinski definition) is 2. The van der Waals surface area contributed by atoms with Crippen molar-refractivity contribution < 1.29 is 18.0 Å². The Balaban J connectivity index is 1.74. The molecule has 190 valence electrons. The molecule has 0 aliphatic heterocycles. The van der Waals surface area contributed by atoms with Crippen LogP contribution in [0, 0.1) is 18.3 Å². The smallest absolute Gasteiger partial charge is 0.258 e. The fourth-order valence-corrected chi connectivity index (χ4v) is 4.54. The van der Waals surface area contributed by atoms with Crippen molar-refractivity contribution in [3.8, 4) is 17.2 Å². The van der Waals surface area contributed by atoms with Crippen molar-refractivity contribution in [2.24, 2.45) is 10.9 Å². The van der Waals surface area contributed by atoms with Crippen LogP contribution in [0.3, 0.4) is 0 Å². The zero-order valence-electron chi connectivity index (χ0n) is 20.5. The topological polar surface area (TPSA) is 147 Å². The molecule has 0 unspecified atom stereocenters. The summed E-state index contributed by atoms with van der Waals surface area (Å²) in [5.74, 6) is -0.838. The molecule has 4 aromatic rings. The first kappa shape index (κ1) is 26.3. The molecule has 9 heteroatoms. The van der Waals surface area contributed by atoms with E-state index in [0.717, 1.165) is 16.7 Å². The summed E-state index contributed by atoms with van der Waals surface area (Å²) in [7, 11) is -3.85. The Morgan fingerprint density at radius 2 is 1.55 bits per heavy atom. The van der Waals surface area contributed by atoms with E-state index in [1.54, 1.807) is 72.8 Å². The number of amides is 2. The predicted octanol–water partition coefficient (Wildman–Crippen LogP) is 4.13. The molecule has 0 saturated heterocycles. The average molecular weight is 525 g/mol. The Kier molecular flexibility index (Phi) is 7.39. The molecule has 0 aliphatic carbocycles. The minimum Gasteiger partial charge on any atom is -0.366 e. The molecule has 0 aromatic heterocycles. The number of carbonyl (C=O) groups is 2. The third-order valence-electron chi connectivity index (χ3n) is 6.09. The molecule has 0 atom stereocenters. The number of sulfonamides is 1. The van der Waals surface area contributed by atoms with Crippen molar-refractivity contribution in [2.45, 2.75) is 18.4 Å². The fourth-order valence-electron chi connectivity index (χ4n) is 4.03. The highest BCUT2D eigenvalue weighted by Crippen LogP contribution is 2.28. The molecule has 0 bridgehead atoms. The summed E-state index contributed by atoms with van der Waals surface area (Å²) in [5.41, 5.74) is 10.3. The first-order valence-corrected chi connectivity index (χ1v) is 13.1. The standard InChI is InChI=1S/C29H24N4O4S/c1-19-5-8-24(16-27(19)22-9-11-23(12-10-22)28(31)34)29(35)33(25-4-2-3-21(15-25)17-30)18-20-6-13-26(14-7-20)38(32,36)37/h2-16H,18H2,1H3,(H2,31,34)(H2,32,36,37). The summed E-state index contributed by atoms with van der Waals surface area (Å²) in [4.78, 5) is 26.8. The lowest BCUT2D eigenvalue weighted by atomic mass is 9.96. The number of primary amides is 1. The SMILES string of the molecule is Cc1ccc(C(=O)N(Cc2ccc(S(N)(=O)=O)cc2)c2cccc(C#N)c2)cc1-c1ccc(C(N)=O)cc1. The summed E-state index contributed by atoms with van der Waals surface area (Å²) < 4.78 is 23.3. The summed E-state index contributed by atoms with van der Waals surface area (Å²) >= 11 is 0. The summed E-state index contributed by atoms with van der Waals surface area (Å²) in [6, 6.07) is 26.9. The second-order valence-electron chi connectivity index (χ2n) is 8.71. The van der Waals surface area contributed by atoms with Gasteiger partial charge in [0, 0.05) is 16.8 Å². The van der Waals surface area contributed by atoms with Crippen LogP contribution < -0.4 is 15.8 Å². The maximum absolute atomic E-state index is 13.9. The van der Waals surface area contributed by atoms with E-state index >= 15 is 0 Å². The van der Waals surface area contributed by atoms with Crippen LogP contribution in [-0.4, -0.2) is 20.2 Å². The van der Waals surface area contributed by atoms with Crippen LogP contribution in [0.1, 0.15) is 37.4 Å². The van der Waals surface area contributed by atoms with Crippen LogP contribution in [0.5, 0.6) is 0 Å². The van der Waals surface area contributed by atoms with Gasteiger partial charge in [-0.1, -0.05) is 36.4 Å². The van der Waals surface area contributed by atoms with Gasteiger partial charge in [-0.25, -0.2) is 13.6 Å². The minimum atomic E-state index is -3.85. The number of nitriles is 1. The molecule has 0 fully saturated rings. The highest BCUT2D eigenvalue weighted by molar-refractivity contribution is 7.89. The molecule has 38 heavy (non-hydrogen) atoms. The molecule has 0 aliphatic rings. The Bertz CT molecular complexity index is 1670. The van der Waals surface area contributed by atoms with E-state index in [4.69, 9.17) is 10.9 Å². The fraction of sp³-hybridized carbons (Fsp3) is 0.0690. The number of nitrogens with two attached hydrogens (primary N) is 2. The molecular weight excluding hydrogens is 500 g/mol. The van der Waals surface area contributed by atoms with Crippen molar-refractivity contribution in [3.63, 3.8) is 0 Å². The highest BCUT2D eigenvalue weighted by atomic mass is 32.2. The normalized spacial score (nSPS) is 11.0. The second kappa shape index (κ2) is 10.7. The lowest BCUT2D eigenvalue weighted by molar-refractivity contribution is 0.0981. The molecule has 4 rings (SSSR count). The second-order valence-corrected chi connectivity index (χ2v) is 10.3. The van der Waals surface area contributed by atoms with Crippen LogP contribution in [0.25, 0.3) is 11.1 Å². The van der Waals surface area contributed by atoms with Crippen molar-refractivity contribution >= 4 is 27.5 Å². The zero-order valence-corrected chi connectivity index (χ0v) is 21.3. The number of nitrogens with zero attached hydrogens (tertiary/aromatic N) is 2. The number of benzene rings is 4. The third-order valence-corrected chi connectivity index (χ3v) is 7.02. The zero-order chi connectivity index (χ0) is 27.4. The van der Waals surface area contributed by atoms with Crippen molar-refractivity contribution in [1.29, 1.82) is 5.26 Å². The highest BCUT2D eigenvalue weighted by Gasteiger charge is 2.20. The Labute approximate surface area is 220 Å². The van der Waals surface area contributed by atoms with E-state index in [-0.39, 0.29) is 17.3 Å². The van der Waals surface area contributed by atoms with Gasteiger partial charge in [0.25, 0.3) is 5.91 Å². The first-order valence-electron chi connectivity index (χ1n) is 11.5. The lowest BCUT2D eigenvalue weighted by Gasteiger charge is -2.24. The van der Waals surface area contributed by atoms with E-state index in [1.807, 2.05) is 13.0 Å². The van der Waals surface area contributed by atoms with Crippen LogP contribution in [0.2, 0.25) is 0 Å². The van der Waals surface area contributed by atoms with Crippen LogP contribution in [0.15, 0.2) is 95.9 Å². The van der Waals surface area contributed by atoms with Gasteiger partial charge in [-0.05, 0) is 83.8 Å². The molecule has 0 heterocycles. The van der Waals surface area contributed by atoms with E-state index in [1.165, 1.54) is 17.0 Å². The maximum Gasteiger partial charge on any atom is 0.258 e. The van der Waals surface area contributed by atoms with Gasteiger partial charge in [0.05, 0.1) is 23.1 Å². The molecule has 0 saturated carbocycles. The lowest BCUT2D eigenvalue weighted by Crippen LogP contribution is -2.30. The van der Waals surface area contributed by atoms with E-state index in [2.05, 4.69) is 6.07 Å². The van der Waals surface area contributed by atoms with Gasteiger partial charge in [-0.3, -0.25) is 9.59 Å². The Hall–Kier alpha value is -4.78. The van der Waals surface area contributed by atoms with Crippen molar-refractivity contribution in [3.05, 3.63) is 119 Å². The number of rotatable bonds is 7. The van der Waals surface area contributed by atoms with Crippen molar-refractivity contribution in [2.75, 3.05) is 4.90 Å². The molecular formula is C29H24N4O4S. The molecule has 0 spiro atoms. The number of primary sulfonamides is 1. The number of aryl methyl sites for hydroxylation is 1. The van der Waals surface area contributed by atoms with Gasteiger partial charge in [-0.15, -0.1) is 0 Å². The first-order chi connectivity index (χ1) is 18.1. The van der Waals surface area contributed by atoms with E-state index in [9.17, 15) is 23.3 Å². The molecule has 4 N–H and O–H groups in total. The number of anilines is 1. The van der Waals surface area contributed by atoms with Gasteiger partial charge in [0.2, 0.25) is 15.9 Å². The van der Waals surface area contributed by atoms with E-state index in [0.29, 0.717) is 27.9 Å². The number of hydrogen-bond acceptors (Lipinski definition) is 5. The summed E-state index contributed by atoms with van der Waals surface area (Å²) in [6.45, 7) is 2.04. The van der Waals surface area contributed by atoms with Gasteiger partial charge in [-0.2, -0.15) is 5.26 Å². The monoisotopic (exact) mass is 524 g/mol. The predicted molar refractivity (Wildman–Crippen MR) is 145 cm³/mol. The molecule has 2 amide bonds. The van der Waals surface area contributed by atoms with Crippen LogP contribution in [0.4, 0.5) is 5.69 Å². The van der Waals surface area contributed by atoms with Gasteiger partial charge in [0.15, 0.2) is 0 Å². The molecule has 4 aromatic carbocycles. The third kappa shape index (κ3) is 5.78. The molecule has 0 radical (unpaired) electrons. The minimum absolute atomic E-state index is 0.0314. The summed E-state index contributed by atoms with van der Waals surface area (Å²) in [6.07, 6.45) is 0.